The van der Waals surface area contributed by atoms with Crippen LogP contribution in [0.1, 0.15) is 11.1 Å². The van der Waals surface area contributed by atoms with E-state index in [-0.39, 0.29) is 12.5 Å². The molecule has 1 aromatic heterocycles. The van der Waals surface area contributed by atoms with E-state index in [9.17, 15) is 4.79 Å². The first-order chi connectivity index (χ1) is 14.9. The number of methoxy groups -OCH3 is 1. The first kappa shape index (κ1) is 20.8. The summed E-state index contributed by atoms with van der Waals surface area (Å²) >= 11 is 6.28. The van der Waals surface area contributed by atoms with Gasteiger partial charge in [0.2, 0.25) is 5.89 Å². The lowest BCUT2D eigenvalue weighted by atomic mass is 10.1. The number of benzene rings is 3. The zero-order valence-electron chi connectivity index (χ0n) is 17.4. The topological polar surface area (TPSA) is 73.6 Å². The maximum Gasteiger partial charge on any atom is 0.262 e. The summed E-state index contributed by atoms with van der Waals surface area (Å²) < 4.78 is 16.6. The molecule has 0 radical (unpaired) electrons. The predicted molar refractivity (Wildman–Crippen MR) is 121 cm³/mol. The average molecular weight is 437 g/mol. The summed E-state index contributed by atoms with van der Waals surface area (Å²) in [6.45, 7) is 3.85. The lowest BCUT2D eigenvalue weighted by Gasteiger charge is -2.10. The predicted octanol–water partition coefficient (Wildman–Crippen LogP) is 5.79. The van der Waals surface area contributed by atoms with Crippen molar-refractivity contribution in [3.8, 4) is 23.0 Å². The van der Waals surface area contributed by atoms with Gasteiger partial charge in [-0.1, -0.05) is 17.7 Å². The lowest BCUT2D eigenvalue weighted by Crippen LogP contribution is -2.20. The fraction of sp³-hybridized carbons (Fsp3) is 0.167. The third-order valence-corrected chi connectivity index (χ3v) is 5.07. The summed E-state index contributed by atoms with van der Waals surface area (Å²) in [7, 11) is 1.59. The molecule has 0 aliphatic rings. The van der Waals surface area contributed by atoms with E-state index in [0.29, 0.717) is 33.7 Å². The van der Waals surface area contributed by atoms with Crippen LogP contribution in [0.4, 0.5) is 5.69 Å². The van der Waals surface area contributed by atoms with Crippen molar-refractivity contribution >= 4 is 34.3 Å². The molecule has 0 spiro atoms. The average Bonchev–Trinajstić information content (AvgIpc) is 3.18. The molecule has 4 aromatic rings. The van der Waals surface area contributed by atoms with E-state index in [0.717, 1.165) is 22.2 Å². The summed E-state index contributed by atoms with van der Waals surface area (Å²) in [4.78, 5) is 17.0. The maximum absolute atomic E-state index is 12.4. The van der Waals surface area contributed by atoms with E-state index in [1.165, 1.54) is 0 Å². The second-order valence-electron chi connectivity index (χ2n) is 7.16. The van der Waals surface area contributed by atoms with E-state index in [1.807, 2.05) is 26.0 Å². The van der Waals surface area contributed by atoms with Gasteiger partial charge in [0, 0.05) is 5.56 Å². The molecule has 0 aliphatic carbocycles. The van der Waals surface area contributed by atoms with E-state index in [2.05, 4.69) is 10.3 Å². The number of anilines is 1. The Labute approximate surface area is 184 Å². The standard InChI is InChI=1S/C24H21ClN2O4/c1-14-10-15(2)23-21(11-14)27-24(31-23)16-4-9-19(25)20(12-16)26-22(28)13-30-18-7-5-17(29-3)6-8-18/h4-12H,13H2,1-3H3,(H,26,28). The Morgan fingerprint density at radius 1 is 1.06 bits per heavy atom. The number of aromatic nitrogens is 1. The van der Waals surface area contributed by atoms with Crippen molar-refractivity contribution in [2.75, 3.05) is 19.0 Å². The molecule has 0 saturated carbocycles. The molecule has 0 fully saturated rings. The number of carbonyl (C=O) groups excluding carboxylic acids is 1. The van der Waals surface area contributed by atoms with Gasteiger partial charge in [0.15, 0.2) is 12.2 Å². The Balaban J connectivity index is 1.49. The smallest absolute Gasteiger partial charge is 0.262 e. The molecule has 1 heterocycles. The van der Waals surface area contributed by atoms with Crippen LogP contribution in [0.25, 0.3) is 22.6 Å². The van der Waals surface area contributed by atoms with Gasteiger partial charge in [0.05, 0.1) is 17.8 Å². The van der Waals surface area contributed by atoms with E-state index >= 15 is 0 Å². The number of halogens is 1. The summed E-state index contributed by atoms with van der Waals surface area (Å²) in [5.74, 6) is 1.40. The fourth-order valence-corrected chi connectivity index (χ4v) is 3.43. The van der Waals surface area contributed by atoms with Gasteiger partial charge in [-0.3, -0.25) is 4.79 Å². The molecule has 1 N–H and O–H groups in total. The first-order valence-electron chi connectivity index (χ1n) is 9.67. The maximum atomic E-state index is 12.4. The molecule has 0 atom stereocenters. The van der Waals surface area contributed by atoms with Gasteiger partial charge in [-0.05, 0) is 73.5 Å². The van der Waals surface area contributed by atoms with Crippen molar-refractivity contribution in [3.05, 3.63) is 70.7 Å². The number of carbonyl (C=O) groups is 1. The highest BCUT2D eigenvalue weighted by molar-refractivity contribution is 6.33. The van der Waals surface area contributed by atoms with Crippen molar-refractivity contribution in [3.63, 3.8) is 0 Å². The summed E-state index contributed by atoms with van der Waals surface area (Å²) in [5, 5.41) is 3.18. The van der Waals surface area contributed by atoms with Crippen LogP contribution in [0.15, 0.2) is 59.0 Å². The monoisotopic (exact) mass is 436 g/mol. The van der Waals surface area contributed by atoms with Crippen LogP contribution >= 0.6 is 11.6 Å². The van der Waals surface area contributed by atoms with Gasteiger partial charge >= 0.3 is 0 Å². The van der Waals surface area contributed by atoms with Gasteiger partial charge in [-0.2, -0.15) is 0 Å². The Morgan fingerprint density at radius 3 is 2.55 bits per heavy atom. The van der Waals surface area contributed by atoms with E-state index in [1.54, 1.807) is 49.6 Å². The number of amides is 1. The van der Waals surface area contributed by atoms with Crippen molar-refractivity contribution in [2.24, 2.45) is 0 Å². The second-order valence-corrected chi connectivity index (χ2v) is 7.56. The molecule has 158 valence electrons. The summed E-state index contributed by atoms with van der Waals surface area (Å²) in [5.41, 5.74) is 4.84. The number of nitrogens with one attached hydrogen (secondary N) is 1. The minimum Gasteiger partial charge on any atom is -0.497 e. The third kappa shape index (κ3) is 4.64. The normalized spacial score (nSPS) is 10.8. The molecular formula is C24H21ClN2O4. The molecule has 6 nitrogen and oxygen atoms in total. The SMILES string of the molecule is COc1ccc(OCC(=O)Nc2cc(-c3nc4cc(C)cc(C)c4o3)ccc2Cl)cc1. The Kier molecular flexibility index (Phi) is 5.82. The molecule has 7 heteroatoms. The van der Waals surface area contributed by atoms with Crippen molar-refractivity contribution < 1.29 is 18.7 Å². The third-order valence-electron chi connectivity index (χ3n) is 4.74. The van der Waals surface area contributed by atoms with E-state index in [4.69, 9.17) is 25.5 Å². The number of nitrogens with zero attached hydrogens (tertiary/aromatic N) is 1. The molecular weight excluding hydrogens is 416 g/mol. The summed E-state index contributed by atoms with van der Waals surface area (Å²) in [6.07, 6.45) is 0. The Hall–Kier alpha value is -3.51. The summed E-state index contributed by atoms with van der Waals surface area (Å²) in [6, 6.07) is 16.3. The second kappa shape index (κ2) is 8.70. The van der Waals surface area contributed by atoms with Crippen LogP contribution in [0.3, 0.4) is 0 Å². The minimum absolute atomic E-state index is 0.158. The fourth-order valence-electron chi connectivity index (χ4n) is 3.26. The van der Waals surface area contributed by atoms with Crippen LogP contribution in [-0.2, 0) is 4.79 Å². The number of aryl methyl sites for hydroxylation is 2. The van der Waals surface area contributed by atoms with Crippen LogP contribution in [-0.4, -0.2) is 24.6 Å². The molecule has 0 bridgehead atoms. The number of fused-ring (bicyclic) bond motifs is 1. The molecule has 0 aliphatic heterocycles. The van der Waals surface area contributed by atoms with Gasteiger partial charge in [0.25, 0.3) is 5.91 Å². The van der Waals surface area contributed by atoms with Crippen LogP contribution in [0.5, 0.6) is 11.5 Å². The zero-order valence-corrected chi connectivity index (χ0v) is 18.1. The van der Waals surface area contributed by atoms with Gasteiger partial charge in [0.1, 0.15) is 17.0 Å². The molecule has 0 unspecified atom stereocenters. The minimum atomic E-state index is -0.334. The molecule has 3 aromatic carbocycles. The number of rotatable bonds is 6. The highest BCUT2D eigenvalue weighted by atomic mass is 35.5. The van der Waals surface area contributed by atoms with Gasteiger partial charge < -0.3 is 19.2 Å². The van der Waals surface area contributed by atoms with Gasteiger partial charge in [-0.15, -0.1) is 0 Å². The molecule has 31 heavy (non-hydrogen) atoms. The molecule has 4 rings (SSSR count). The molecule has 0 saturated heterocycles. The van der Waals surface area contributed by atoms with Gasteiger partial charge in [-0.25, -0.2) is 4.98 Å². The Morgan fingerprint density at radius 2 is 1.81 bits per heavy atom. The van der Waals surface area contributed by atoms with Crippen molar-refractivity contribution in [2.45, 2.75) is 13.8 Å². The number of ether oxygens (including phenoxy) is 2. The van der Waals surface area contributed by atoms with E-state index < -0.39 is 0 Å². The number of oxazole rings is 1. The zero-order chi connectivity index (χ0) is 22.0. The highest BCUT2D eigenvalue weighted by Crippen LogP contribution is 2.31. The van der Waals surface area contributed by atoms with Crippen LogP contribution in [0.2, 0.25) is 5.02 Å². The largest absolute Gasteiger partial charge is 0.497 e. The number of hydrogen-bond donors (Lipinski definition) is 1. The Bertz CT molecular complexity index is 1250. The lowest BCUT2D eigenvalue weighted by molar-refractivity contribution is -0.118. The molecule has 1 amide bonds. The van der Waals surface area contributed by atoms with Crippen molar-refractivity contribution in [1.29, 1.82) is 0 Å². The first-order valence-corrected chi connectivity index (χ1v) is 10.0. The number of hydrogen-bond acceptors (Lipinski definition) is 5. The van der Waals surface area contributed by atoms with Crippen molar-refractivity contribution in [1.82, 2.24) is 4.98 Å². The van der Waals surface area contributed by atoms with Crippen LogP contribution < -0.4 is 14.8 Å². The highest BCUT2D eigenvalue weighted by Gasteiger charge is 2.14. The quantitative estimate of drug-likeness (QED) is 0.414. The van der Waals surface area contributed by atoms with Crippen LogP contribution in [0, 0.1) is 13.8 Å².